The predicted octanol–water partition coefficient (Wildman–Crippen LogP) is 2.69. The minimum Gasteiger partial charge on any atom is -0.394 e. The first-order chi connectivity index (χ1) is 12.4. The molecular weight excluding hydrogens is 336 g/mol. The van der Waals surface area contributed by atoms with Gasteiger partial charge in [0.1, 0.15) is 0 Å². The maximum Gasteiger partial charge on any atom is 0.273 e. The molecule has 0 aliphatic rings. The van der Waals surface area contributed by atoms with E-state index in [1.807, 2.05) is 31.2 Å². The van der Waals surface area contributed by atoms with E-state index in [2.05, 4.69) is 5.32 Å². The largest absolute Gasteiger partial charge is 0.394 e. The number of nitro benzene ring substituents is 1. The molecule has 2 aromatic rings. The highest BCUT2D eigenvalue weighted by molar-refractivity contribution is 5.95. The van der Waals surface area contributed by atoms with Crippen molar-refractivity contribution in [3.63, 3.8) is 0 Å². The quantitative estimate of drug-likeness (QED) is 0.558. The topological polar surface area (TPSA) is 102 Å². The fourth-order valence-corrected chi connectivity index (χ4v) is 2.48. The zero-order valence-electron chi connectivity index (χ0n) is 14.8. The van der Waals surface area contributed by atoms with Gasteiger partial charge in [0.15, 0.2) is 0 Å². The van der Waals surface area contributed by atoms with E-state index in [-0.39, 0.29) is 31.0 Å². The Labute approximate surface area is 151 Å². The van der Waals surface area contributed by atoms with Crippen LogP contribution in [0.15, 0.2) is 42.5 Å². The van der Waals surface area contributed by atoms with Gasteiger partial charge in [-0.2, -0.15) is 0 Å². The molecule has 138 valence electrons. The Morgan fingerprint density at radius 3 is 2.54 bits per heavy atom. The lowest BCUT2D eigenvalue weighted by Crippen LogP contribution is -2.30. The van der Waals surface area contributed by atoms with Gasteiger partial charge in [0, 0.05) is 23.7 Å². The zero-order valence-corrected chi connectivity index (χ0v) is 14.8. The van der Waals surface area contributed by atoms with E-state index < -0.39 is 16.9 Å². The maximum atomic E-state index is 12.4. The van der Waals surface area contributed by atoms with Crippen LogP contribution < -0.4 is 5.32 Å². The van der Waals surface area contributed by atoms with E-state index in [0.29, 0.717) is 5.56 Å². The summed E-state index contributed by atoms with van der Waals surface area (Å²) in [5.74, 6) is -0.419. The second-order valence-corrected chi connectivity index (χ2v) is 5.96. The summed E-state index contributed by atoms with van der Waals surface area (Å²) in [6.07, 6.45) is -0.424. The monoisotopic (exact) mass is 358 g/mol. The summed E-state index contributed by atoms with van der Waals surface area (Å²) in [6, 6.07) is 12.0. The van der Waals surface area contributed by atoms with Crippen LogP contribution in [0.25, 0.3) is 0 Å². The van der Waals surface area contributed by atoms with Gasteiger partial charge < -0.3 is 15.2 Å². The van der Waals surface area contributed by atoms with Crippen LogP contribution in [0.4, 0.5) is 5.69 Å². The van der Waals surface area contributed by atoms with Crippen LogP contribution in [-0.4, -0.2) is 35.7 Å². The molecule has 1 unspecified atom stereocenters. The fraction of sp³-hybridized carbons (Fsp3) is 0.316. The van der Waals surface area contributed by atoms with E-state index in [0.717, 1.165) is 11.1 Å². The minimum atomic E-state index is -0.508. The van der Waals surface area contributed by atoms with Crippen molar-refractivity contribution < 1.29 is 19.6 Å². The van der Waals surface area contributed by atoms with Crippen molar-refractivity contribution in [2.24, 2.45) is 0 Å². The van der Waals surface area contributed by atoms with Gasteiger partial charge in [-0.1, -0.05) is 35.9 Å². The number of carbonyl (C=O) groups excluding carboxylic acids is 1. The average molecular weight is 358 g/mol. The number of aliphatic hydroxyl groups excluding tert-OH is 1. The molecule has 1 amide bonds. The average Bonchev–Trinajstić information content (AvgIpc) is 2.62. The summed E-state index contributed by atoms with van der Waals surface area (Å²) in [5, 5.41) is 22.8. The number of benzene rings is 2. The number of nitrogens with zero attached hydrogens (tertiary/aromatic N) is 1. The number of aliphatic hydroxyl groups is 1. The molecule has 2 N–H and O–H groups in total. The number of hydrogen-bond donors (Lipinski definition) is 2. The van der Waals surface area contributed by atoms with Gasteiger partial charge in [0.2, 0.25) is 0 Å². The van der Waals surface area contributed by atoms with Crippen LogP contribution in [0.5, 0.6) is 0 Å². The van der Waals surface area contributed by atoms with Crippen molar-refractivity contribution in [3.05, 3.63) is 74.8 Å². The van der Waals surface area contributed by atoms with Crippen LogP contribution in [0.2, 0.25) is 0 Å². The first kappa shape index (κ1) is 19.6. The number of aryl methyl sites for hydroxylation is 2. The summed E-state index contributed by atoms with van der Waals surface area (Å²) in [4.78, 5) is 22.9. The summed E-state index contributed by atoms with van der Waals surface area (Å²) >= 11 is 0. The molecule has 0 bridgehead atoms. The Bertz CT molecular complexity index is 774. The third-order valence-corrected chi connectivity index (χ3v) is 3.98. The Morgan fingerprint density at radius 1 is 1.23 bits per heavy atom. The van der Waals surface area contributed by atoms with Crippen molar-refractivity contribution in [1.82, 2.24) is 5.32 Å². The van der Waals surface area contributed by atoms with Crippen LogP contribution in [-0.2, 0) is 4.74 Å². The van der Waals surface area contributed by atoms with Crippen molar-refractivity contribution in [3.8, 4) is 0 Å². The molecule has 0 spiro atoms. The number of ether oxygens (including phenoxy) is 1. The lowest BCUT2D eigenvalue weighted by atomic mass is 10.1. The first-order valence-corrected chi connectivity index (χ1v) is 8.24. The van der Waals surface area contributed by atoms with Gasteiger partial charge in [0.25, 0.3) is 11.6 Å². The lowest BCUT2D eigenvalue weighted by molar-refractivity contribution is -0.385. The highest BCUT2D eigenvalue weighted by Gasteiger charge is 2.17. The van der Waals surface area contributed by atoms with Crippen LogP contribution in [0.3, 0.4) is 0 Å². The SMILES string of the molecule is Cc1ccc(C(CNC(=O)c2ccc(C)c([N+](=O)[O-])c2)OCCO)cc1. The number of nitrogens with one attached hydrogen (secondary N) is 1. The molecule has 0 aliphatic heterocycles. The van der Waals surface area contributed by atoms with Crippen LogP contribution in [0, 0.1) is 24.0 Å². The molecule has 0 heterocycles. The molecule has 0 fully saturated rings. The molecule has 26 heavy (non-hydrogen) atoms. The van der Waals surface area contributed by atoms with E-state index in [1.165, 1.54) is 6.07 Å². The standard InChI is InChI=1S/C19H22N2O5/c1-13-3-6-15(7-4-13)18(26-10-9-22)12-20-19(23)16-8-5-14(2)17(11-16)21(24)25/h3-8,11,18,22H,9-10,12H2,1-2H3,(H,20,23). The van der Waals surface area contributed by atoms with E-state index in [9.17, 15) is 14.9 Å². The number of carbonyl (C=O) groups is 1. The fourth-order valence-electron chi connectivity index (χ4n) is 2.48. The van der Waals surface area contributed by atoms with Gasteiger partial charge in [-0.05, 0) is 25.5 Å². The zero-order chi connectivity index (χ0) is 19.1. The van der Waals surface area contributed by atoms with Crippen molar-refractivity contribution in [2.75, 3.05) is 19.8 Å². The summed E-state index contributed by atoms with van der Waals surface area (Å²) in [6.45, 7) is 3.80. The molecule has 0 aliphatic carbocycles. The molecule has 0 aromatic heterocycles. The molecule has 1 atom stereocenters. The molecule has 0 radical (unpaired) electrons. The van der Waals surface area contributed by atoms with Crippen molar-refractivity contribution >= 4 is 11.6 Å². The second-order valence-electron chi connectivity index (χ2n) is 5.96. The van der Waals surface area contributed by atoms with Gasteiger partial charge >= 0.3 is 0 Å². The molecule has 7 nitrogen and oxygen atoms in total. The Hall–Kier alpha value is -2.77. The van der Waals surface area contributed by atoms with Crippen molar-refractivity contribution in [2.45, 2.75) is 20.0 Å². The normalized spacial score (nSPS) is 11.8. The van der Waals surface area contributed by atoms with E-state index in [1.54, 1.807) is 19.1 Å². The number of hydrogen-bond acceptors (Lipinski definition) is 5. The Morgan fingerprint density at radius 2 is 1.92 bits per heavy atom. The highest BCUT2D eigenvalue weighted by atomic mass is 16.6. The van der Waals surface area contributed by atoms with Crippen LogP contribution >= 0.6 is 0 Å². The second kappa shape index (κ2) is 9.07. The Balaban J connectivity index is 2.10. The molecule has 2 aromatic carbocycles. The third-order valence-electron chi connectivity index (χ3n) is 3.98. The first-order valence-electron chi connectivity index (χ1n) is 8.24. The third kappa shape index (κ3) is 5.11. The molecule has 0 saturated heterocycles. The molecule has 0 saturated carbocycles. The van der Waals surface area contributed by atoms with Gasteiger partial charge in [0.05, 0.1) is 24.2 Å². The predicted molar refractivity (Wildman–Crippen MR) is 97.1 cm³/mol. The minimum absolute atomic E-state index is 0.0933. The van der Waals surface area contributed by atoms with Crippen molar-refractivity contribution in [1.29, 1.82) is 0 Å². The molecule has 2 rings (SSSR count). The molecular formula is C19H22N2O5. The number of nitro groups is 1. The summed E-state index contributed by atoms with van der Waals surface area (Å²) in [5.41, 5.74) is 2.59. The number of rotatable bonds is 8. The van der Waals surface area contributed by atoms with E-state index >= 15 is 0 Å². The number of amides is 1. The Kier molecular flexibility index (Phi) is 6.82. The van der Waals surface area contributed by atoms with Gasteiger partial charge in [-0.15, -0.1) is 0 Å². The highest BCUT2D eigenvalue weighted by Crippen LogP contribution is 2.20. The van der Waals surface area contributed by atoms with Crippen LogP contribution in [0.1, 0.15) is 33.2 Å². The van der Waals surface area contributed by atoms with E-state index in [4.69, 9.17) is 9.84 Å². The van der Waals surface area contributed by atoms with Gasteiger partial charge in [-0.25, -0.2) is 0 Å². The molecule has 7 heteroatoms. The smallest absolute Gasteiger partial charge is 0.273 e. The summed E-state index contributed by atoms with van der Waals surface area (Å²) < 4.78 is 5.61. The summed E-state index contributed by atoms with van der Waals surface area (Å²) in [7, 11) is 0. The van der Waals surface area contributed by atoms with Gasteiger partial charge in [-0.3, -0.25) is 14.9 Å². The lowest BCUT2D eigenvalue weighted by Gasteiger charge is -2.19. The maximum absolute atomic E-state index is 12.4.